The van der Waals surface area contributed by atoms with E-state index < -0.39 is 0 Å². The second kappa shape index (κ2) is 5.87. The molecular weight excluding hydrogens is 240 g/mol. The van der Waals surface area contributed by atoms with Crippen molar-refractivity contribution in [1.29, 1.82) is 0 Å². The Labute approximate surface area is 107 Å². The third-order valence-electron chi connectivity index (χ3n) is 3.43. The zero-order chi connectivity index (χ0) is 12.2. The van der Waals surface area contributed by atoms with Gasteiger partial charge in [-0.25, -0.2) is 4.98 Å². The highest BCUT2D eigenvalue weighted by Gasteiger charge is 2.25. The zero-order valence-electron chi connectivity index (χ0n) is 10.6. The van der Waals surface area contributed by atoms with Gasteiger partial charge < -0.3 is 5.32 Å². The van der Waals surface area contributed by atoms with Crippen LogP contribution in [0.2, 0.25) is 0 Å². The molecule has 0 spiro atoms. The first kappa shape index (κ1) is 13.8. The topological polar surface area (TPSA) is 24.9 Å². The predicted molar refractivity (Wildman–Crippen MR) is 73.8 cm³/mol. The number of halogens is 1. The number of rotatable bonds is 6. The van der Waals surface area contributed by atoms with Crippen LogP contribution in [-0.2, 0) is 0 Å². The van der Waals surface area contributed by atoms with E-state index in [1.807, 2.05) is 6.92 Å². The molecule has 0 aromatic carbocycles. The fourth-order valence-electron chi connectivity index (χ4n) is 1.55. The van der Waals surface area contributed by atoms with E-state index in [-0.39, 0.29) is 5.41 Å². The third kappa shape index (κ3) is 3.11. The normalized spacial score (nSPS) is 11.8. The molecule has 1 aromatic heterocycles. The highest BCUT2D eigenvalue weighted by molar-refractivity contribution is 7.15. The Balaban J connectivity index is 2.62. The second-order valence-corrected chi connectivity index (χ2v) is 5.83. The van der Waals surface area contributed by atoms with E-state index in [9.17, 15) is 0 Å². The van der Waals surface area contributed by atoms with E-state index in [1.165, 1.54) is 4.88 Å². The van der Waals surface area contributed by atoms with Crippen molar-refractivity contribution in [1.82, 2.24) is 4.98 Å². The molecule has 1 rings (SSSR count). The molecule has 0 bridgehead atoms. The molecule has 0 amide bonds. The van der Waals surface area contributed by atoms with Gasteiger partial charge in [-0.05, 0) is 26.7 Å². The van der Waals surface area contributed by atoms with E-state index in [4.69, 9.17) is 11.6 Å². The summed E-state index contributed by atoms with van der Waals surface area (Å²) in [6.07, 6.45) is 2.20. The lowest BCUT2D eigenvalue weighted by molar-refractivity contribution is 0.327. The molecule has 0 unspecified atom stereocenters. The van der Waals surface area contributed by atoms with Crippen molar-refractivity contribution in [3.05, 3.63) is 10.6 Å². The van der Waals surface area contributed by atoms with Gasteiger partial charge in [-0.1, -0.05) is 13.8 Å². The standard InChI is InChI=1S/C12H21ClN2S/c1-5-12(6-2,7-13)8-14-11-15-9(3)10(4)16-11/h5-8H2,1-4H3,(H,14,15). The van der Waals surface area contributed by atoms with Crippen LogP contribution in [0, 0.1) is 19.3 Å². The zero-order valence-corrected chi connectivity index (χ0v) is 12.1. The van der Waals surface area contributed by atoms with Crippen LogP contribution in [0.25, 0.3) is 0 Å². The Morgan fingerprint density at radius 2 is 1.94 bits per heavy atom. The Morgan fingerprint density at radius 3 is 2.31 bits per heavy atom. The molecule has 0 aliphatic heterocycles. The number of nitrogens with one attached hydrogen (secondary N) is 1. The quantitative estimate of drug-likeness (QED) is 0.775. The minimum absolute atomic E-state index is 0.203. The average molecular weight is 261 g/mol. The maximum atomic E-state index is 6.07. The number of alkyl halides is 1. The second-order valence-electron chi connectivity index (χ2n) is 4.35. The molecule has 1 N–H and O–H groups in total. The summed E-state index contributed by atoms with van der Waals surface area (Å²) in [5.74, 6) is 0.705. The van der Waals surface area contributed by atoms with Gasteiger partial charge in [0.15, 0.2) is 5.13 Å². The van der Waals surface area contributed by atoms with Crippen LogP contribution in [0.15, 0.2) is 0 Å². The maximum Gasteiger partial charge on any atom is 0.183 e. The predicted octanol–water partition coefficient (Wildman–Crippen LogP) is 4.22. The van der Waals surface area contributed by atoms with Crippen molar-refractivity contribution >= 4 is 28.1 Å². The molecule has 0 aliphatic rings. The summed E-state index contributed by atoms with van der Waals surface area (Å²) < 4.78 is 0. The Bertz CT molecular complexity index is 304. The van der Waals surface area contributed by atoms with Crippen LogP contribution in [0.4, 0.5) is 5.13 Å². The van der Waals surface area contributed by atoms with Crippen LogP contribution < -0.4 is 5.32 Å². The summed E-state index contributed by atoms with van der Waals surface area (Å²) in [5, 5.41) is 4.44. The van der Waals surface area contributed by atoms with Crippen molar-refractivity contribution in [2.45, 2.75) is 40.5 Å². The molecule has 0 aliphatic carbocycles. The van der Waals surface area contributed by atoms with E-state index in [0.29, 0.717) is 5.88 Å². The van der Waals surface area contributed by atoms with Gasteiger partial charge in [0, 0.05) is 22.7 Å². The lowest BCUT2D eigenvalue weighted by Crippen LogP contribution is -2.30. The molecule has 1 aromatic rings. The highest BCUT2D eigenvalue weighted by Crippen LogP contribution is 2.29. The molecule has 16 heavy (non-hydrogen) atoms. The SMILES string of the molecule is CCC(CC)(CCl)CNc1nc(C)c(C)s1. The first-order chi connectivity index (χ1) is 7.56. The summed E-state index contributed by atoms with van der Waals surface area (Å²) >= 11 is 7.79. The van der Waals surface area contributed by atoms with E-state index in [2.05, 4.69) is 31.1 Å². The monoisotopic (exact) mass is 260 g/mol. The lowest BCUT2D eigenvalue weighted by atomic mass is 9.84. The van der Waals surface area contributed by atoms with E-state index in [1.54, 1.807) is 11.3 Å². The minimum Gasteiger partial charge on any atom is -0.361 e. The highest BCUT2D eigenvalue weighted by atomic mass is 35.5. The van der Waals surface area contributed by atoms with Crippen LogP contribution in [0.3, 0.4) is 0 Å². The maximum absolute atomic E-state index is 6.07. The number of hydrogen-bond acceptors (Lipinski definition) is 3. The first-order valence-corrected chi connectivity index (χ1v) is 7.16. The molecule has 0 atom stereocenters. The third-order valence-corrected chi connectivity index (χ3v) is 5.02. The van der Waals surface area contributed by atoms with Crippen LogP contribution >= 0.6 is 22.9 Å². The Kier molecular flexibility index (Phi) is 5.06. The van der Waals surface area contributed by atoms with Gasteiger partial charge in [0.1, 0.15) is 0 Å². The number of nitrogens with zero attached hydrogens (tertiary/aromatic N) is 1. The smallest absolute Gasteiger partial charge is 0.183 e. The van der Waals surface area contributed by atoms with Crippen molar-refractivity contribution in [3.8, 4) is 0 Å². The number of hydrogen-bond donors (Lipinski definition) is 1. The van der Waals surface area contributed by atoms with Gasteiger partial charge in [-0.15, -0.1) is 22.9 Å². The average Bonchev–Trinajstić information content (AvgIpc) is 2.61. The van der Waals surface area contributed by atoms with Crippen molar-refractivity contribution < 1.29 is 0 Å². The Hall–Kier alpha value is -0.280. The van der Waals surface area contributed by atoms with Gasteiger partial charge in [-0.2, -0.15) is 0 Å². The van der Waals surface area contributed by atoms with Crippen LogP contribution in [0.1, 0.15) is 37.3 Å². The largest absolute Gasteiger partial charge is 0.361 e. The molecule has 92 valence electrons. The molecule has 0 fully saturated rings. The summed E-state index contributed by atoms with van der Waals surface area (Å²) in [5.41, 5.74) is 1.33. The molecule has 0 saturated carbocycles. The number of aromatic nitrogens is 1. The fourth-order valence-corrected chi connectivity index (χ4v) is 2.83. The van der Waals surface area contributed by atoms with Gasteiger partial charge in [0.2, 0.25) is 0 Å². The lowest BCUT2D eigenvalue weighted by Gasteiger charge is -2.29. The van der Waals surface area contributed by atoms with Crippen LogP contribution in [-0.4, -0.2) is 17.4 Å². The summed E-state index contributed by atoms with van der Waals surface area (Å²) in [6.45, 7) is 9.46. The minimum atomic E-state index is 0.203. The molecule has 0 radical (unpaired) electrons. The number of aryl methyl sites for hydroxylation is 2. The summed E-state index contributed by atoms with van der Waals surface area (Å²) in [7, 11) is 0. The first-order valence-electron chi connectivity index (χ1n) is 5.80. The summed E-state index contributed by atoms with van der Waals surface area (Å²) in [6, 6.07) is 0. The van der Waals surface area contributed by atoms with Crippen LogP contribution in [0.5, 0.6) is 0 Å². The van der Waals surface area contributed by atoms with E-state index in [0.717, 1.165) is 30.2 Å². The van der Waals surface area contributed by atoms with Gasteiger partial charge >= 0.3 is 0 Å². The summed E-state index contributed by atoms with van der Waals surface area (Å²) in [4.78, 5) is 5.76. The van der Waals surface area contributed by atoms with Gasteiger partial charge in [0.25, 0.3) is 0 Å². The van der Waals surface area contributed by atoms with Gasteiger partial charge in [-0.3, -0.25) is 0 Å². The number of thiazole rings is 1. The molecular formula is C12H21ClN2S. The molecule has 4 heteroatoms. The van der Waals surface area contributed by atoms with Crippen molar-refractivity contribution in [2.24, 2.45) is 5.41 Å². The molecule has 1 heterocycles. The molecule has 0 saturated heterocycles. The Morgan fingerprint density at radius 1 is 1.31 bits per heavy atom. The van der Waals surface area contributed by atoms with E-state index >= 15 is 0 Å². The molecule has 2 nitrogen and oxygen atoms in total. The van der Waals surface area contributed by atoms with Crippen molar-refractivity contribution in [3.63, 3.8) is 0 Å². The van der Waals surface area contributed by atoms with Crippen molar-refractivity contribution in [2.75, 3.05) is 17.7 Å². The number of anilines is 1. The van der Waals surface area contributed by atoms with Gasteiger partial charge in [0.05, 0.1) is 5.69 Å². The fraction of sp³-hybridized carbons (Fsp3) is 0.750.